The molecule has 9 rings (SSSR count). The number of imide groups is 2. The highest BCUT2D eigenvalue weighted by molar-refractivity contribution is 6.31. The number of hydrogen-bond donors (Lipinski definition) is 2. The van der Waals surface area contributed by atoms with Gasteiger partial charge >= 0.3 is 0 Å². The summed E-state index contributed by atoms with van der Waals surface area (Å²) in [6, 6.07) is 12.1. The number of nitrogens with zero attached hydrogens (tertiary/aromatic N) is 7. The van der Waals surface area contributed by atoms with Gasteiger partial charge in [-0.05, 0) is 86.3 Å². The second-order valence-electron chi connectivity index (χ2n) is 16.1. The lowest BCUT2D eigenvalue weighted by atomic mass is 9.93. The summed E-state index contributed by atoms with van der Waals surface area (Å²) in [4.78, 5) is 70.8. The molecule has 300 valence electrons. The highest BCUT2D eigenvalue weighted by Crippen LogP contribution is 2.53. The monoisotopic (exact) mass is 809 g/mol. The SMILES string of the molecule is N#Cc1ccc(O[C@H]2CC[C@H](NC(=O)c3ccc(N4CCN(C[C@@H]5[C@H]6CN(c7cc8c(cc7F)C(=O)N(C7CCC(=O)NC7=O)C8=O)C[C@@H]56)CC4)nn3)CC2)cc1Cl. The van der Waals surface area contributed by atoms with Crippen LogP contribution in [0.15, 0.2) is 42.5 Å². The van der Waals surface area contributed by atoms with Crippen LogP contribution in [0.4, 0.5) is 15.9 Å². The van der Waals surface area contributed by atoms with Crippen molar-refractivity contribution >= 4 is 52.6 Å². The zero-order chi connectivity index (χ0) is 40.2. The third-order valence-corrected chi connectivity index (χ3v) is 13.0. The number of hydrogen-bond acceptors (Lipinski definition) is 12. The molecule has 3 saturated heterocycles. The van der Waals surface area contributed by atoms with E-state index in [9.17, 15) is 24.0 Å². The van der Waals surface area contributed by atoms with Gasteiger partial charge < -0.3 is 19.9 Å². The Morgan fingerprint density at radius 3 is 2.29 bits per heavy atom. The highest BCUT2D eigenvalue weighted by Gasteiger charge is 2.56. The van der Waals surface area contributed by atoms with Crippen LogP contribution in [0.2, 0.25) is 5.02 Å². The minimum atomic E-state index is -1.10. The zero-order valence-electron chi connectivity index (χ0n) is 31.5. The summed E-state index contributed by atoms with van der Waals surface area (Å²) < 4.78 is 21.5. The van der Waals surface area contributed by atoms with Crippen LogP contribution < -0.4 is 25.2 Å². The molecular formula is C41H41ClFN9O6. The summed E-state index contributed by atoms with van der Waals surface area (Å²) in [6.07, 6.45) is 3.15. The maximum absolute atomic E-state index is 15.4. The molecule has 6 aliphatic rings. The molecule has 0 radical (unpaired) electrons. The smallest absolute Gasteiger partial charge is 0.272 e. The molecule has 1 unspecified atom stereocenters. The molecule has 0 spiro atoms. The first-order valence-electron chi connectivity index (χ1n) is 19.8. The normalized spacial score (nSPS) is 26.9. The van der Waals surface area contributed by atoms with E-state index in [2.05, 4.69) is 30.6 Å². The fraction of sp³-hybridized carbons (Fsp3) is 0.463. The summed E-state index contributed by atoms with van der Waals surface area (Å²) in [5.74, 6) is -0.675. The zero-order valence-corrected chi connectivity index (χ0v) is 32.3. The highest BCUT2D eigenvalue weighted by atomic mass is 35.5. The minimum Gasteiger partial charge on any atom is -0.490 e. The quantitative estimate of drug-likeness (QED) is 0.302. The number of aromatic nitrogens is 2. The molecule has 1 aromatic heterocycles. The topological polar surface area (TPSA) is 181 Å². The molecule has 5 amide bonds. The first-order valence-corrected chi connectivity index (χ1v) is 20.2. The van der Waals surface area contributed by atoms with E-state index in [0.717, 1.165) is 75.2 Å². The molecular weight excluding hydrogens is 769 g/mol. The van der Waals surface area contributed by atoms with Gasteiger partial charge in [-0.25, -0.2) is 4.39 Å². The number of nitriles is 1. The van der Waals surface area contributed by atoms with Crippen LogP contribution in [0.25, 0.3) is 0 Å². The van der Waals surface area contributed by atoms with Crippen LogP contribution in [0.1, 0.15) is 75.3 Å². The average Bonchev–Trinajstić information content (AvgIpc) is 3.52. The number of carbonyl (C=O) groups excluding carboxylic acids is 5. The Kier molecular flexibility index (Phi) is 9.97. The van der Waals surface area contributed by atoms with Gasteiger partial charge in [0.2, 0.25) is 11.8 Å². The third-order valence-electron chi connectivity index (χ3n) is 12.6. The maximum Gasteiger partial charge on any atom is 0.272 e. The fourth-order valence-electron chi connectivity index (χ4n) is 9.35. The van der Waals surface area contributed by atoms with Crippen LogP contribution in [0.5, 0.6) is 5.75 Å². The van der Waals surface area contributed by atoms with Crippen LogP contribution in [0.3, 0.4) is 0 Å². The van der Waals surface area contributed by atoms with E-state index in [1.165, 1.54) is 6.07 Å². The molecule has 0 bridgehead atoms. The standard InChI is InChI=1S/C41H41ClFN9O6/c42-31-15-25(4-1-22(31)18-44)58-24-5-2-23(3-6-24)45-38(54)33-7-9-36(48-47-33)50-13-11-49(12-14-50)19-28-29-20-51(21-30(28)29)35-17-27-26(16-32(35)43)40(56)52(41(27)57)34-8-10-37(53)46-39(34)55/h1,4,7,9,15-17,23-24,28-30,34H,2-3,5-6,8,10-14,19-21H2,(H,45,54)(H,46,53,55)/t23-,24-,28-,29-,30+,34?. The summed E-state index contributed by atoms with van der Waals surface area (Å²) in [5.41, 5.74) is 0.989. The number of anilines is 2. The predicted molar refractivity (Wildman–Crippen MR) is 207 cm³/mol. The van der Waals surface area contributed by atoms with E-state index in [1.54, 1.807) is 24.3 Å². The van der Waals surface area contributed by atoms with E-state index < -0.39 is 35.5 Å². The first kappa shape index (κ1) is 37.9. The van der Waals surface area contributed by atoms with Crippen molar-refractivity contribution in [2.45, 2.75) is 56.7 Å². The van der Waals surface area contributed by atoms with Gasteiger partial charge in [-0.2, -0.15) is 5.26 Å². The number of carbonyl (C=O) groups is 5. The Morgan fingerprint density at radius 2 is 1.64 bits per heavy atom. The van der Waals surface area contributed by atoms with Gasteiger partial charge in [-0.1, -0.05) is 11.6 Å². The van der Waals surface area contributed by atoms with Crippen molar-refractivity contribution in [3.05, 3.63) is 75.7 Å². The van der Waals surface area contributed by atoms with Gasteiger partial charge in [0.05, 0.1) is 33.5 Å². The number of amides is 5. The Hall–Kier alpha value is -5.66. The van der Waals surface area contributed by atoms with Crippen molar-refractivity contribution in [2.75, 3.05) is 55.6 Å². The lowest BCUT2D eigenvalue weighted by molar-refractivity contribution is -0.136. The molecule has 2 aliphatic carbocycles. The molecule has 15 nitrogen and oxygen atoms in total. The predicted octanol–water partition coefficient (Wildman–Crippen LogP) is 3.17. The molecule has 58 heavy (non-hydrogen) atoms. The van der Waals surface area contributed by atoms with E-state index in [0.29, 0.717) is 47.2 Å². The van der Waals surface area contributed by atoms with Gasteiger partial charge in [-0.15, -0.1) is 10.2 Å². The second kappa shape index (κ2) is 15.3. The van der Waals surface area contributed by atoms with Crippen LogP contribution in [0, 0.1) is 34.9 Å². The Balaban J connectivity index is 0.711. The third kappa shape index (κ3) is 7.21. The largest absolute Gasteiger partial charge is 0.490 e. The van der Waals surface area contributed by atoms with Gasteiger partial charge in [0, 0.05) is 64.3 Å². The maximum atomic E-state index is 15.4. The van der Waals surface area contributed by atoms with E-state index in [4.69, 9.17) is 21.6 Å². The number of halogens is 2. The minimum absolute atomic E-state index is 0.00565. The van der Waals surface area contributed by atoms with Crippen LogP contribution in [-0.2, 0) is 9.59 Å². The van der Waals surface area contributed by atoms with Crippen LogP contribution in [-0.4, -0.2) is 114 Å². The van der Waals surface area contributed by atoms with Crippen molar-refractivity contribution in [3.8, 4) is 11.8 Å². The number of fused-ring (bicyclic) bond motifs is 2. The molecule has 5 heterocycles. The van der Waals surface area contributed by atoms with Crippen molar-refractivity contribution in [1.29, 1.82) is 5.26 Å². The van der Waals surface area contributed by atoms with Crippen molar-refractivity contribution in [1.82, 2.24) is 30.6 Å². The molecule has 2 aromatic carbocycles. The van der Waals surface area contributed by atoms with Crippen molar-refractivity contribution in [3.63, 3.8) is 0 Å². The van der Waals surface area contributed by atoms with E-state index in [-0.39, 0.29) is 53.4 Å². The molecule has 2 saturated carbocycles. The number of nitrogens with one attached hydrogen (secondary N) is 2. The van der Waals surface area contributed by atoms with Gasteiger partial charge in [0.1, 0.15) is 23.7 Å². The van der Waals surface area contributed by atoms with Crippen LogP contribution >= 0.6 is 11.6 Å². The van der Waals surface area contributed by atoms with Gasteiger partial charge in [-0.3, -0.25) is 39.1 Å². The Morgan fingerprint density at radius 1 is 0.914 bits per heavy atom. The Bertz CT molecular complexity index is 2230. The van der Waals surface area contributed by atoms with Crippen molar-refractivity contribution in [2.24, 2.45) is 17.8 Å². The fourth-order valence-corrected chi connectivity index (χ4v) is 9.56. The molecule has 2 N–H and O–H groups in total. The number of benzene rings is 2. The number of ether oxygens (including phenoxy) is 1. The average molecular weight is 810 g/mol. The number of piperidine rings is 2. The molecule has 17 heteroatoms. The van der Waals surface area contributed by atoms with E-state index in [1.807, 2.05) is 17.0 Å². The number of piperazine rings is 1. The summed E-state index contributed by atoms with van der Waals surface area (Å²) in [6.45, 7) is 5.52. The number of rotatable bonds is 9. The molecule has 3 aromatic rings. The first-order chi connectivity index (χ1) is 28.0. The molecule has 4 atom stereocenters. The van der Waals surface area contributed by atoms with Gasteiger partial charge in [0.15, 0.2) is 11.5 Å². The molecule has 4 aliphatic heterocycles. The summed E-state index contributed by atoms with van der Waals surface area (Å²) in [7, 11) is 0. The summed E-state index contributed by atoms with van der Waals surface area (Å²) in [5, 5.41) is 23.3. The van der Waals surface area contributed by atoms with E-state index >= 15 is 4.39 Å². The van der Waals surface area contributed by atoms with Gasteiger partial charge in [0.25, 0.3) is 17.7 Å². The second-order valence-corrected chi connectivity index (χ2v) is 16.5. The Labute approximate surface area is 338 Å². The lowest BCUT2D eigenvalue weighted by Gasteiger charge is -2.35. The van der Waals surface area contributed by atoms with Crippen molar-refractivity contribution < 1.29 is 33.1 Å². The lowest BCUT2D eigenvalue weighted by Crippen LogP contribution is -2.54. The molecule has 5 fully saturated rings. The summed E-state index contributed by atoms with van der Waals surface area (Å²) >= 11 is 6.14.